The van der Waals surface area contributed by atoms with E-state index < -0.39 is 0 Å². The minimum absolute atomic E-state index is 0.0789. The van der Waals surface area contributed by atoms with Crippen molar-refractivity contribution in [2.24, 2.45) is 7.05 Å². The first-order valence-corrected chi connectivity index (χ1v) is 13.4. The van der Waals surface area contributed by atoms with Crippen LogP contribution in [0.2, 0.25) is 0 Å². The highest BCUT2D eigenvalue weighted by Crippen LogP contribution is 2.36. The first kappa shape index (κ1) is 24.8. The second kappa shape index (κ2) is 9.77. The van der Waals surface area contributed by atoms with Crippen molar-refractivity contribution in [2.45, 2.75) is 13.0 Å². The summed E-state index contributed by atoms with van der Waals surface area (Å²) in [5.41, 5.74) is 5.05. The van der Waals surface area contributed by atoms with Crippen LogP contribution < -0.4 is 19.7 Å². The minimum atomic E-state index is -0.0827. The minimum Gasteiger partial charge on any atom is -0.487 e. The molecule has 0 spiro atoms. The lowest BCUT2D eigenvalue weighted by atomic mass is 10.1. The van der Waals surface area contributed by atoms with Gasteiger partial charge in [-0.3, -0.25) is 4.79 Å². The Bertz CT molecular complexity index is 1830. The normalized spacial score (nSPS) is 16.2. The molecule has 41 heavy (non-hydrogen) atoms. The third kappa shape index (κ3) is 4.45. The van der Waals surface area contributed by atoms with Gasteiger partial charge in [0.2, 0.25) is 5.91 Å². The maximum atomic E-state index is 12.3. The van der Waals surface area contributed by atoms with E-state index in [4.69, 9.17) is 14.5 Å². The van der Waals surface area contributed by atoms with Crippen LogP contribution in [0.3, 0.4) is 0 Å². The van der Waals surface area contributed by atoms with Gasteiger partial charge in [0.05, 0.1) is 28.9 Å². The zero-order valence-electron chi connectivity index (χ0n) is 22.7. The molecule has 1 atom stereocenters. The average Bonchev–Trinajstić information content (AvgIpc) is 3.29. The van der Waals surface area contributed by atoms with Crippen molar-refractivity contribution in [3.8, 4) is 17.2 Å². The number of rotatable bonds is 5. The summed E-state index contributed by atoms with van der Waals surface area (Å²) in [4.78, 5) is 34.6. The number of aryl methyl sites for hydroxylation is 2. The molecule has 2 bridgehead atoms. The molecule has 5 aromatic rings. The number of hydrogen-bond donors (Lipinski definition) is 1. The second-order valence-electron chi connectivity index (χ2n) is 10.3. The number of nitrogens with one attached hydrogen (secondary N) is 1. The van der Waals surface area contributed by atoms with Gasteiger partial charge >= 0.3 is 0 Å². The molecule has 3 aromatic heterocycles. The molecular weight excluding hydrogens is 520 g/mol. The molecule has 11 heteroatoms. The molecule has 2 aliphatic rings. The summed E-state index contributed by atoms with van der Waals surface area (Å²) in [5.74, 6) is 3.37. The van der Waals surface area contributed by atoms with Gasteiger partial charge in [-0.1, -0.05) is 6.58 Å². The van der Waals surface area contributed by atoms with Crippen LogP contribution in [-0.2, 0) is 11.8 Å². The molecular formula is C30H28N8O3. The number of fused-ring (bicyclic) bond motifs is 6. The molecule has 0 saturated carbocycles. The van der Waals surface area contributed by atoms with E-state index in [2.05, 4.69) is 31.7 Å². The van der Waals surface area contributed by atoms with Gasteiger partial charge < -0.3 is 29.2 Å². The SMILES string of the molecule is C=CC(=O)N1CCN2C[C@H]1COc1cc3ncnc(Nc4ccc(Oc5ccc6c(c5)ncn6C)c(C)c4)c3nc12. The number of benzene rings is 2. The number of pyridine rings is 1. The number of imidazole rings is 1. The highest BCUT2D eigenvalue weighted by Gasteiger charge is 2.34. The van der Waals surface area contributed by atoms with Crippen molar-refractivity contribution in [3.05, 3.63) is 73.3 Å². The Morgan fingerprint density at radius 3 is 2.88 bits per heavy atom. The number of carbonyl (C=O) groups excluding carboxylic acids is 1. The van der Waals surface area contributed by atoms with Gasteiger partial charge in [0.15, 0.2) is 17.4 Å². The smallest absolute Gasteiger partial charge is 0.246 e. The van der Waals surface area contributed by atoms with Crippen molar-refractivity contribution < 1.29 is 14.3 Å². The van der Waals surface area contributed by atoms with Crippen molar-refractivity contribution >= 4 is 45.3 Å². The van der Waals surface area contributed by atoms with E-state index in [1.54, 1.807) is 6.33 Å². The fraction of sp³-hybridized carbons (Fsp3) is 0.233. The zero-order chi connectivity index (χ0) is 28.1. The number of amides is 1. The standard InChI is InChI=1S/C30H28N8O3/c1-4-27(39)38-10-9-37-14-20(38)15-40-26-13-23-28(35-30(26)37)29(32-16-31-23)34-19-5-8-25(18(2)11-19)41-21-6-7-24-22(12-21)33-17-36(24)3/h4-8,11-13,16-17,20H,1,9-10,14-15H2,2-3H3,(H,31,32,34)/t20-/m0/s1. The first-order chi connectivity index (χ1) is 20.0. The van der Waals surface area contributed by atoms with Gasteiger partial charge in [-0.15, -0.1) is 0 Å². The molecule has 1 N–H and O–H groups in total. The predicted octanol–water partition coefficient (Wildman–Crippen LogP) is 4.35. The van der Waals surface area contributed by atoms with Crippen LogP contribution >= 0.6 is 0 Å². The Labute approximate surface area is 236 Å². The molecule has 2 aromatic carbocycles. The number of anilines is 3. The molecule has 0 radical (unpaired) electrons. The van der Waals surface area contributed by atoms with Crippen LogP contribution in [0.25, 0.3) is 22.1 Å². The van der Waals surface area contributed by atoms with E-state index in [1.165, 1.54) is 12.4 Å². The van der Waals surface area contributed by atoms with Crippen LogP contribution in [0, 0.1) is 6.92 Å². The Morgan fingerprint density at radius 2 is 2.02 bits per heavy atom. The number of aromatic nitrogens is 5. The van der Waals surface area contributed by atoms with Gasteiger partial charge in [-0.25, -0.2) is 19.9 Å². The highest BCUT2D eigenvalue weighted by molar-refractivity contribution is 5.90. The number of nitrogens with zero attached hydrogens (tertiary/aromatic N) is 7. The summed E-state index contributed by atoms with van der Waals surface area (Å²) in [5, 5.41) is 3.41. The van der Waals surface area contributed by atoms with Gasteiger partial charge in [0.1, 0.15) is 29.9 Å². The zero-order valence-corrected chi connectivity index (χ0v) is 22.7. The summed E-state index contributed by atoms with van der Waals surface area (Å²) in [6.07, 6.45) is 4.66. The van der Waals surface area contributed by atoms with Crippen molar-refractivity contribution in [3.63, 3.8) is 0 Å². The van der Waals surface area contributed by atoms with Gasteiger partial charge in [-0.05, 0) is 48.9 Å². The molecule has 2 aliphatic heterocycles. The summed E-state index contributed by atoms with van der Waals surface area (Å²) in [6.45, 7) is 7.88. The maximum Gasteiger partial charge on any atom is 0.246 e. The van der Waals surface area contributed by atoms with E-state index in [0.717, 1.165) is 39.6 Å². The molecule has 0 aliphatic carbocycles. The molecule has 1 amide bonds. The summed E-state index contributed by atoms with van der Waals surface area (Å²) < 4.78 is 14.3. The molecule has 7 rings (SSSR count). The first-order valence-electron chi connectivity index (χ1n) is 13.4. The lowest BCUT2D eigenvalue weighted by Gasteiger charge is -2.39. The fourth-order valence-corrected chi connectivity index (χ4v) is 5.45. The third-order valence-corrected chi connectivity index (χ3v) is 7.59. The van der Waals surface area contributed by atoms with Crippen molar-refractivity contribution in [1.82, 2.24) is 29.4 Å². The second-order valence-corrected chi connectivity index (χ2v) is 10.3. The predicted molar refractivity (Wildman–Crippen MR) is 156 cm³/mol. The number of hydrogen-bond acceptors (Lipinski definition) is 9. The average molecular weight is 549 g/mol. The van der Waals surface area contributed by atoms with Gasteiger partial charge in [0, 0.05) is 44.5 Å². The molecule has 1 fully saturated rings. The summed E-state index contributed by atoms with van der Waals surface area (Å²) in [6, 6.07) is 13.6. The lowest BCUT2D eigenvalue weighted by molar-refractivity contribution is -0.129. The molecule has 5 heterocycles. The Kier molecular flexibility index (Phi) is 5.92. The molecule has 0 unspecified atom stereocenters. The van der Waals surface area contributed by atoms with Crippen LogP contribution in [0.15, 0.2) is 67.8 Å². The Hall–Kier alpha value is -5.19. The molecule has 11 nitrogen and oxygen atoms in total. The van der Waals surface area contributed by atoms with Crippen LogP contribution in [0.5, 0.6) is 17.2 Å². The van der Waals surface area contributed by atoms with E-state index in [0.29, 0.717) is 48.8 Å². The number of carbonyl (C=O) groups is 1. The largest absolute Gasteiger partial charge is 0.487 e. The van der Waals surface area contributed by atoms with Crippen LogP contribution in [-0.4, -0.2) is 67.6 Å². The fourth-order valence-electron chi connectivity index (χ4n) is 5.45. The van der Waals surface area contributed by atoms with Crippen molar-refractivity contribution in [2.75, 3.05) is 36.5 Å². The Morgan fingerprint density at radius 1 is 1.12 bits per heavy atom. The van der Waals surface area contributed by atoms with Gasteiger partial charge in [-0.2, -0.15) is 0 Å². The monoisotopic (exact) mass is 548 g/mol. The van der Waals surface area contributed by atoms with Crippen LogP contribution in [0.4, 0.5) is 17.3 Å². The Balaban J connectivity index is 1.15. The summed E-state index contributed by atoms with van der Waals surface area (Å²) in [7, 11) is 1.97. The topological polar surface area (TPSA) is 111 Å². The van der Waals surface area contributed by atoms with E-state index in [-0.39, 0.29) is 11.9 Å². The third-order valence-electron chi connectivity index (χ3n) is 7.59. The van der Waals surface area contributed by atoms with Crippen molar-refractivity contribution in [1.29, 1.82) is 0 Å². The highest BCUT2D eigenvalue weighted by atomic mass is 16.5. The van der Waals surface area contributed by atoms with E-state index in [9.17, 15) is 4.79 Å². The van der Waals surface area contributed by atoms with E-state index >= 15 is 0 Å². The lowest BCUT2D eigenvalue weighted by Crippen LogP contribution is -2.56. The van der Waals surface area contributed by atoms with Crippen LogP contribution in [0.1, 0.15) is 5.56 Å². The number of piperazine rings is 1. The quantitative estimate of drug-likeness (QED) is 0.321. The number of ether oxygens (including phenoxy) is 2. The molecule has 206 valence electrons. The molecule has 1 saturated heterocycles. The van der Waals surface area contributed by atoms with Gasteiger partial charge in [0.25, 0.3) is 0 Å². The van der Waals surface area contributed by atoms with E-state index in [1.807, 2.05) is 65.9 Å². The summed E-state index contributed by atoms with van der Waals surface area (Å²) >= 11 is 0. The maximum absolute atomic E-state index is 12.3.